The molecule has 110 valence electrons. The van der Waals surface area contributed by atoms with Crippen molar-refractivity contribution in [2.24, 2.45) is 22.5 Å². The molecule has 0 bridgehead atoms. The van der Waals surface area contributed by atoms with Gasteiger partial charge in [0.25, 0.3) is 0 Å². The first-order valence-electron chi connectivity index (χ1n) is 5.58. The van der Waals surface area contributed by atoms with Crippen molar-refractivity contribution in [3.63, 3.8) is 0 Å². The van der Waals surface area contributed by atoms with Crippen LogP contribution in [0.15, 0.2) is 23.3 Å². The van der Waals surface area contributed by atoms with Gasteiger partial charge in [-0.05, 0) is 25.0 Å². The van der Waals surface area contributed by atoms with Gasteiger partial charge in [-0.25, -0.2) is 0 Å². The summed E-state index contributed by atoms with van der Waals surface area (Å²) in [4.78, 5) is 1.91. The predicted octanol–water partition coefficient (Wildman–Crippen LogP) is 0.772. The lowest BCUT2D eigenvalue weighted by Crippen LogP contribution is -2.36. The van der Waals surface area contributed by atoms with Crippen LogP contribution in [0.5, 0.6) is 0 Å². The molecule has 19 heavy (non-hydrogen) atoms. The van der Waals surface area contributed by atoms with E-state index in [0.717, 1.165) is 5.69 Å². The van der Waals surface area contributed by atoms with Crippen molar-refractivity contribution in [3.05, 3.63) is 29.3 Å². The molecule has 0 saturated carbocycles. The van der Waals surface area contributed by atoms with Crippen molar-refractivity contribution < 1.29 is 0 Å². The lowest BCUT2D eigenvalue weighted by molar-refractivity contribution is 0.436. The number of aryl methyl sites for hydroxylation is 2. The maximum Gasteiger partial charge on any atom is 0.218 e. The maximum absolute atomic E-state index is 5.92. The third-order valence-corrected chi connectivity index (χ3v) is 2.42. The monoisotopic (exact) mass is 288 g/mol. The zero-order valence-corrected chi connectivity index (χ0v) is 13.0. The predicted molar refractivity (Wildman–Crippen MR) is 85.3 cm³/mol. The summed E-state index contributed by atoms with van der Waals surface area (Å²) in [6, 6.07) is 6.19. The fraction of sp³-hybridized carbons (Fsp3) is 0.417. The van der Waals surface area contributed by atoms with Crippen LogP contribution in [0.25, 0.3) is 0 Å². The van der Waals surface area contributed by atoms with Crippen LogP contribution < -0.4 is 22.3 Å². The van der Waals surface area contributed by atoms with E-state index >= 15 is 0 Å². The second-order valence-electron chi connectivity index (χ2n) is 4.10. The average molecular weight is 289 g/mol. The lowest BCUT2D eigenvalue weighted by Gasteiger charge is -2.23. The Bertz CT molecular complexity index is 385. The number of guanidine groups is 1. The van der Waals surface area contributed by atoms with Crippen molar-refractivity contribution >= 4 is 24.1 Å². The molecular weight excluding hydrogens is 264 g/mol. The van der Waals surface area contributed by atoms with Crippen LogP contribution >= 0.6 is 12.4 Å². The van der Waals surface area contributed by atoms with E-state index < -0.39 is 0 Å². The Labute approximate surface area is 121 Å². The van der Waals surface area contributed by atoms with Gasteiger partial charge in [-0.15, -0.1) is 17.5 Å². The molecule has 0 radical (unpaired) electrons. The van der Waals surface area contributed by atoms with E-state index in [1.54, 1.807) is 5.01 Å². The third-order valence-electron chi connectivity index (χ3n) is 2.42. The first kappa shape index (κ1) is 19.8. The molecule has 1 aromatic rings. The molecule has 0 heterocycles. The normalized spacial score (nSPS) is 9.95. The van der Waals surface area contributed by atoms with Gasteiger partial charge in [0.1, 0.15) is 0 Å². The minimum atomic E-state index is 0. The molecule has 0 amide bonds. The van der Waals surface area contributed by atoms with Gasteiger partial charge in [0.2, 0.25) is 5.96 Å². The summed E-state index contributed by atoms with van der Waals surface area (Å²) in [6.45, 7) is 4.14. The van der Waals surface area contributed by atoms with E-state index in [2.05, 4.69) is 42.8 Å². The van der Waals surface area contributed by atoms with Crippen LogP contribution in [0.2, 0.25) is 0 Å². The number of rotatable bonds is 2. The number of para-hydroxylation sites is 1. The summed E-state index contributed by atoms with van der Waals surface area (Å²) in [5.74, 6) is 8.49. The highest BCUT2D eigenvalue weighted by Crippen LogP contribution is 2.22. The van der Waals surface area contributed by atoms with Gasteiger partial charge in [-0.1, -0.05) is 18.2 Å². The summed E-state index contributed by atoms with van der Waals surface area (Å²) in [7, 11) is 5.63. The van der Waals surface area contributed by atoms with Gasteiger partial charge < -0.3 is 10.6 Å². The number of halogens is 1. The highest BCUT2D eigenvalue weighted by atomic mass is 35.5. The van der Waals surface area contributed by atoms with E-state index in [0.29, 0.717) is 5.96 Å². The second kappa shape index (κ2) is 9.43. The van der Waals surface area contributed by atoms with Gasteiger partial charge in [0, 0.05) is 26.8 Å². The Hall–Kier alpha value is -1.50. The number of benzene rings is 1. The van der Waals surface area contributed by atoms with Gasteiger partial charge in [0.05, 0.1) is 0 Å². The van der Waals surface area contributed by atoms with Gasteiger partial charge in [0.15, 0.2) is 0 Å². The topological polar surface area (TPSA) is 96.9 Å². The molecule has 0 spiro atoms. The Morgan fingerprint density at radius 1 is 1.05 bits per heavy atom. The Balaban J connectivity index is 0. The molecule has 0 atom stereocenters. The van der Waals surface area contributed by atoms with Crippen LogP contribution in [-0.4, -0.2) is 32.1 Å². The van der Waals surface area contributed by atoms with Crippen LogP contribution in [0.4, 0.5) is 5.69 Å². The van der Waals surface area contributed by atoms with Crippen LogP contribution in [0, 0.1) is 13.8 Å². The molecule has 0 unspecified atom stereocenters. The quantitative estimate of drug-likeness (QED) is 0.323. The molecule has 0 aromatic heterocycles. The van der Waals surface area contributed by atoms with E-state index in [1.807, 2.05) is 32.1 Å². The second-order valence-corrected chi connectivity index (χ2v) is 4.10. The van der Waals surface area contributed by atoms with Crippen molar-refractivity contribution in [3.8, 4) is 0 Å². The molecule has 0 saturated heterocycles. The highest BCUT2D eigenvalue weighted by Gasteiger charge is 2.10. The summed E-state index contributed by atoms with van der Waals surface area (Å²) < 4.78 is 0. The molecule has 6 nitrogen and oxygen atoms in total. The summed E-state index contributed by atoms with van der Waals surface area (Å²) in [6.07, 6.45) is 0. The maximum atomic E-state index is 5.92. The zero-order valence-electron chi connectivity index (χ0n) is 12.2. The first-order valence-corrected chi connectivity index (χ1v) is 5.58. The molecule has 0 fully saturated rings. The summed E-state index contributed by atoms with van der Waals surface area (Å²) in [5.41, 5.74) is 9.43. The van der Waals surface area contributed by atoms with Crippen molar-refractivity contribution in [2.45, 2.75) is 13.8 Å². The van der Waals surface area contributed by atoms with Crippen LogP contribution in [0.1, 0.15) is 11.1 Å². The summed E-state index contributed by atoms with van der Waals surface area (Å²) in [5, 5.41) is 5.88. The number of anilines is 1. The molecule has 6 N–H and O–H groups in total. The van der Waals surface area contributed by atoms with Crippen molar-refractivity contribution in [1.29, 1.82) is 0 Å². The smallest absolute Gasteiger partial charge is 0.218 e. The Kier molecular flexibility index (Phi) is 9.85. The standard InChI is InChI=1S/C12H20N4.ClH.H4N2/c1-9-7-6-8-10(2)11(9)16(5)12(13)14-15(3)4;;1-2/h6-8H,1-5H3,(H2,13,14);1H;1-2H2. The first-order chi connectivity index (χ1) is 8.43. The van der Waals surface area contributed by atoms with Crippen LogP contribution in [0.3, 0.4) is 0 Å². The molecule has 1 rings (SSSR count). The van der Waals surface area contributed by atoms with Crippen molar-refractivity contribution in [1.82, 2.24) is 5.01 Å². The van der Waals surface area contributed by atoms with E-state index in [9.17, 15) is 0 Å². The van der Waals surface area contributed by atoms with E-state index in [4.69, 9.17) is 5.73 Å². The highest BCUT2D eigenvalue weighted by molar-refractivity contribution is 5.95. The minimum absolute atomic E-state index is 0. The molecule has 7 heteroatoms. The molecule has 1 aromatic carbocycles. The van der Waals surface area contributed by atoms with Crippen molar-refractivity contribution in [2.75, 3.05) is 26.0 Å². The number of hydrogen-bond donors (Lipinski definition) is 3. The van der Waals surface area contributed by atoms with E-state index in [-0.39, 0.29) is 12.4 Å². The molecule has 0 aliphatic carbocycles. The fourth-order valence-corrected chi connectivity index (χ4v) is 1.72. The Morgan fingerprint density at radius 2 is 1.47 bits per heavy atom. The summed E-state index contributed by atoms with van der Waals surface area (Å²) >= 11 is 0. The SMILES string of the molecule is Cc1cccc(C)c1N(C)C(N)=NN(C)C.Cl.NN. The molecular formula is C12H25ClN6. The van der Waals surface area contributed by atoms with Gasteiger partial charge in [-0.3, -0.25) is 16.7 Å². The molecule has 0 aliphatic rings. The number of hydrazine groups is 1. The fourth-order valence-electron chi connectivity index (χ4n) is 1.72. The average Bonchev–Trinajstić information content (AvgIpc) is 2.30. The zero-order chi connectivity index (χ0) is 14.3. The largest absolute Gasteiger partial charge is 0.368 e. The number of nitrogens with two attached hydrogens (primary N) is 3. The van der Waals surface area contributed by atoms with Crippen LogP contribution in [-0.2, 0) is 0 Å². The van der Waals surface area contributed by atoms with E-state index in [1.165, 1.54) is 11.1 Å². The van der Waals surface area contributed by atoms with Gasteiger partial charge >= 0.3 is 0 Å². The number of hydrazone groups is 1. The lowest BCUT2D eigenvalue weighted by atomic mass is 10.1. The molecule has 0 aliphatic heterocycles. The number of hydrogen-bond acceptors (Lipinski definition) is 4. The minimum Gasteiger partial charge on any atom is -0.368 e. The Morgan fingerprint density at radius 3 is 1.84 bits per heavy atom. The number of nitrogens with zero attached hydrogens (tertiary/aromatic N) is 3. The third kappa shape index (κ3) is 5.78. The van der Waals surface area contributed by atoms with Gasteiger partial charge in [-0.2, -0.15) is 0 Å².